The monoisotopic (exact) mass is 565 g/mol. The third-order valence-electron chi connectivity index (χ3n) is 6.83. The Kier molecular flexibility index (Phi) is 7.96. The lowest BCUT2D eigenvalue weighted by molar-refractivity contribution is -0.0577. The van der Waals surface area contributed by atoms with Gasteiger partial charge in [0.1, 0.15) is 12.7 Å². The van der Waals surface area contributed by atoms with Crippen molar-refractivity contribution < 1.29 is 27.1 Å². The van der Waals surface area contributed by atoms with Gasteiger partial charge in [-0.25, -0.2) is 27.3 Å². The second-order valence-corrected chi connectivity index (χ2v) is 11.9. The Morgan fingerprint density at radius 2 is 1.77 bits per heavy atom. The van der Waals surface area contributed by atoms with Crippen LogP contribution in [0.25, 0.3) is 0 Å². The Hall–Kier alpha value is -4.26. The molecule has 0 spiro atoms. The molecule has 0 bridgehead atoms. The first-order valence-electron chi connectivity index (χ1n) is 12.5. The van der Waals surface area contributed by atoms with Crippen LogP contribution in [0.5, 0.6) is 0 Å². The van der Waals surface area contributed by atoms with Crippen LogP contribution in [0.4, 0.5) is 19.7 Å². The molecule has 2 aromatic rings. The lowest BCUT2D eigenvalue weighted by Gasteiger charge is -2.44. The van der Waals surface area contributed by atoms with Gasteiger partial charge in [0.25, 0.3) is 0 Å². The van der Waals surface area contributed by atoms with E-state index in [1.807, 2.05) is 6.07 Å². The van der Waals surface area contributed by atoms with E-state index in [0.29, 0.717) is 5.56 Å². The molecule has 2 heterocycles. The average molecular weight is 566 g/mol. The fraction of sp³-hybridized carbons (Fsp3) is 0.357. The minimum atomic E-state index is -3.97. The molecule has 208 valence electrons. The quantitative estimate of drug-likeness (QED) is 0.535. The molecule has 10 nitrogen and oxygen atoms in total. The van der Waals surface area contributed by atoms with Crippen LogP contribution in [-0.4, -0.2) is 61.8 Å². The number of nitriles is 2. The van der Waals surface area contributed by atoms with Crippen LogP contribution in [-0.2, 0) is 21.2 Å². The highest BCUT2D eigenvalue weighted by atomic mass is 32.2. The molecule has 0 aromatic heterocycles. The Morgan fingerprint density at radius 1 is 1.10 bits per heavy atom. The maximum absolute atomic E-state index is 14.2. The van der Waals surface area contributed by atoms with E-state index in [2.05, 4.69) is 6.07 Å². The van der Waals surface area contributed by atoms with Crippen LogP contribution in [0, 0.1) is 22.7 Å². The van der Waals surface area contributed by atoms with Gasteiger partial charge in [0.15, 0.2) is 9.84 Å². The van der Waals surface area contributed by atoms with Gasteiger partial charge in [-0.1, -0.05) is 18.2 Å². The van der Waals surface area contributed by atoms with E-state index in [1.54, 1.807) is 32.0 Å². The second-order valence-electron chi connectivity index (χ2n) is 9.89. The largest absolute Gasteiger partial charge is 0.372 e. The molecule has 40 heavy (non-hydrogen) atoms. The van der Waals surface area contributed by atoms with Crippen molar-refractivity contribution in [1.29, 1.82) is 10.5 Å². The summed E-state index contributed by atoms with van der Waals surface area (Å²) < 4.78 is 45.0. The summed E-state index contributed by atoms with van der Waals surface area (Å²) in [4.78, 5) is 31.6. The smallest absolute Gasteiger partial charge is 0.337 e. The molecule has 0 aliphatic carbocycles. The molecule has 12 heteroatoms. The van der Waals surface area contributed by atoms with E-state index >= 15 is 0 Å². The zero-order valence-corrected chi connectivity index (χ0v) is 23.3. The number of hydrogen-bond acceptors (Lipinski definition) is 7. The third-order valence-corrected chi connectivity index (χ3v) is 7.98. The summed E-state index contributed by atoms with van der Waals surface area (Å²) in [6.07, 6.45) is 0.280. The number of carbonyl (C=O) groups excluding carboxylic acids is 2. The summed E-state index contributed by atoms with van der Waals surface area (Å²) in [7, 11) is -3.97. The summed E-state index contributed by atoms with van der Waals surface area (Å²) in [6.45, 7) is 4.61. The topological polar surface area (TPSA) is 135 Å². The highest BCUT2D eigenvalue weighted by molar-refractivity contribution is 7.90. The fourth-order valence-corrected chi connectivity index (χ4v) is 6.11. The number of benzene rings is 2. The number of anilines is 1. The van der Waals surface area contributed by atoms with Gasteiger partial charge in [-0.15, -0.1) is 0 Å². The van der Waals surface area contributed by atoms with E-state index in [1.165, 1.54) is 30.0 Å². The zero-order chi connectivity index (χ0) is 29.4. The van der Waals surface area contributed by atoms with Gasteiger partial charge in [-0.05, 0) is 56.2 Å². The molecular formula is C28H28FN5O5S. The van der Waals surface area contributed by atoms with Gasteiger partial charge in [0.2, 0.25) is 0 Å². The number of hydrogen-bond donors (Lipinski definition) is 0. The van der Waals surface area contributed by atoms with Crippen LogP contribution >= 0.6 is 0 Å². The first-order chi connectivity index (χ1) is 18.9. The molecule has 0 N–H and O–H groups in total. The molecule has 0 saturated carbocycles. The maximum atomic E-state index is 14.2. The average Bonchev–Trinajstić information content (AvgIpc) is 2.91. The van der Waals surface area contributed by atoms with Crippen molar-refractivity contribution in [2.45, 2.75) is 50.6 Å². The van der Waals surface area contributed by atoms with E-state index in [-0.39, 0.29) is 58.3 Å². The number of ether oxygens (including phenoxy) is 1. The summed E-state index contributed by atoms with van der Waals surface area (Å²) in [6, 6.07) is 11.0. The zero-order valence-electron chi connectivity index (χ0n) is 22.5. The van der Waals surface area contributed by atoms with E-state index < -0.39 is 34.6 Å². The van der Waals surface area contributed by atoms with Gasteiger partial charge in [-0.3, -0.25) is 4.90 Å². The number of halogens is 1. The van der Waals surface area contributed by atoms with Crippen LogP contribution in [0.1, 0.15) is 43.5 Å². The number of rotatable bonds is 4. The number of morpholine rings is 1. The van der Waals surface area contributed by atoms with Gasteiger partial charge in [0, 0.05) is 25.0 Å². The number of amides is 4. The van der Waals surface area contributed by atoms with Crippen LogP contribution < -0.4 is 4.90 Å². The molecule has 2 aromatic carbocycles. The van der Waals surface area contributed by atoms with Crippen LogP contribution in [0.2, 0.25) is 0 Å². The number of sulfone groups is 1. The van der Waals surface area contributed by atoms with Crippen LogP contribution in [0.15, 0.2) is 58.6 Å². The first-order valence-corrected chi connectivity index (χ1v) is 14.4. The highest BCUT2D eigenvalue weighted by Crippen LogP contribution is 2.42. The van der Waals surface area contributed by atoms with Crippen molar-refractivity contribution in [3.63, 3.8) is 0 Å². The predicted molar refractivity (Wildman–Crippen MR) is 143 cm³/mol. The van der Waals surface area contributed by atoms with Gasteiger partial charge in [0.05, 0.1) is 46.1 Å². The number of imide groups is 1. The highest BCUT2D eigenvalue weighted by Gasteiger charge is 2.47. The summed E-state index contributed by atoms with van der Waals surface area (Å²) >= 11 is 0. The molecule has 1 fully saturated rings. The van der Waals surface area contributed by atoms with E-state index in [0.717, 1.165) is 22.1 Å². The third kappa shape index (κ3) is 5.28. The first kappa shape index (κ1) is 28.7. The Morgan fingerprint density at radius 3 is 2.35 bits per heavy atom. The number of allylic oxidation sites excluding steroid dienone is 1. The standard InChI is InChI=1S/C28H28FN5O5S/c1-17-15-32(16-18(2)39-17)27(35)34-26(23-9-8-21(13-30)11-25(23)40(4,37)38)24(14-31)19(3)33(28(34)36)22-7-5-6-20(10-22)12-29/h5-11,17-18,26H,12,15-16H2,1-4H3/t17?,18?,26-/m1/s1. The minimum Gasteiger partial charge on any atom is -0.372 e. The second kappa shape index (κ2) is 11.1. The summed E-state index contributed by atoms with van der Waals surface area (Å²) in [5.41, 5.74) is 0.703. The molecule has 3 atom stereocenters. The molecule has 0 radical (unpaired) electrons. The van der Waals surface area contributed by atoms with Gasteiger partial charge >= 0.3 is 12.1 Å². The minimum absolute atomic E-state index is 0.00520. The van der Waals surface area contributed by atoms with Gasteiger partial charge in [-0.2, -0.15) is 10.5 Å². The maximum Gasteiger partial charge on any atom is 0.337 e. The molecule has 2 unspecified atom stereocenters. The number of carbonyl (C=O) groups is 2. The van der Waals surface area contributed by atoms with Crippen molar-refractivity contribution in [3.05, 3.63) is 70.4 Å². The fourth-order valence-electron chi connectivity index (χ4n) is 5.16. The SMILES string of the molecule is CC1=C(C#N)[C@@H](c2ccc(C#N)cc2S(C)(=O)=O)N(C(=O)N2CC(C)OC(C)C2)C(=O)N1c1cccc(CF)c1. The number of urea groups is 2. The van der Waals surface area contributed by atoms with E-state index in [9.17, 15) is 32.9 Å². The molecule has 4 rings (SSSR count). The number of alkyl halides is 1. The lowest BCUT2D eigenvalue weighted by atomic mass is 9.93. The van der Waals surface area contributed by atoms with Crippen molar-refractivity contribution >= 4 is 27.6 Å². The normalized spacial score (nSPS) is 21.7. The number of nitrogens with zero attached hydrogens (tertiary/aromatic N) is 5. The molecular weight excluding hydrogens is 537 g/mol. The van der Waals surface area contributed by atoms with Crippen LogP contribution in [0.3, 0.4) is 0 Å². The van der Waals surface area contributed by atoms with Crippen molar-refractivity contribution in [3.8, 4) is 12.1 Å². The van der Waals surface area contributed by atoms with Gasteiger partial charge < -0.3 is 9.64 Å². The summed E-state index contributed by atoms with van der Waals surface area (Å²) in [5, 5.41) is 19.8. The molecule has 2 aliphatic rings. The predicted octanol–water partition coefficient (Wildman–Crippen LogP) is 4.44. The molecule has 1 saturated heterocycles. The van der Waals surface area contributed by atoms with Crippen molar-refractivity contribution in [2.24, 2.45) is 0 Å². The van der Waals surface area contributed by atoms with Crippen molar-refractivity contribution in [1.82, 2.24) is 9.80 Å². The molecule has 2 aliphatic heterocycles. The van der Waals surface area contributed by atoms with Crippen molar-refractivity contribution in [2.75, 3.05) is 24.2 Å². The van der Waals surface area contributed by atoms with E-state index in [4.69, 9.17) is 4.74 Å². The lowest BCUT2D eigenvalue weighted by Crippen LogP contribution is -2.59. The Balaban J connectivity index is 2.00. The Bertz CT molecular complexity index is 1580. The Labute approximate surface area is 232 Å². The summed E-state index contributed by atoms with van der Waals surface area (Å²) in [5.74, 6) is 0. The molecule has 4 amide bonds.